The standard InChI is InChI=1S/C17H21N3O2S.ClH/c1-9-16(21)20-14-6-10(2-5-15(14)23-9)17(22)19-13-7-11-3-4-12(8-13)18-11;/h2,5-6,9,11-13,18H,3-4,7-8H2,1H3,(H,19,22)(H,20,21);1H. The molecule has 0 spiro atoms. The maximum Gasteiger partial charge on any atom is 0.251 e. The first kappa shape index (κ1) is 17.6. The molecule has 24 heavy (non-hydrogen) atoms. The molecule has 3 atom stereocenters. The van der Waals surface area contributed by atoms with Crippen LogP contribution in [-0.4, -0.2) is 35.2 Å². The first-order chi connectivity index (χ1) is 11.1. The fraction of sp³-hybridized carbons (Fsp3) is 0.529. The van der Waals surface area contributed by atoms with Gasteiger partial charge >= 0.3 is 0 Å². The lowest BCUT2D eigenvalue weighted by Gasteiger charge is -2.29. The van der Waals surface area contributed by atoms with Crippen molar-refractivity contribution in [3.63, 3.8) is 0 Å². The van der Waals surface area contributed by atoms with Gasteiger partial charge in [-0.3, -0.25) is 9.59 Å². The van der Waals surface area contributed by atoms with Gasteiger partial charge in [-0.2, -0.15) is 0 Å². The van der Waals surface area contributed by atoms with Crippen molar-refractivity contribution in [1.82, 2.24) is 10.6 Å². The van der Waals surface area contributed by atoms with Crippen molar-refractivity contribution < 1.29 is 9.59 Å². The molecule has 0 radical (unpaired) electrons. The van der Waals surface area contributed by atoms with Crippen LogP contribution in [0.4, 0.5) is 5.69 Å². The van der Waals surface area contributed by atoms with Crippen LogP contribution in [0.15, 0.2) is 23.1 Å². The van der Waals surface area contributed by atoms with Crippen molar-refractivity contribution in [2.24, 2.45) is 0 Å². The Morgan fingerprint density at radius 2 is 1.96 bits per heavy atom. The molecule has 2 fully saturated rings. The average Bonchev–Trinajstić information content (AvgIpc) is 2.87. The molecule has 2 saturated heterocycles. The van der Waals surface area contributed by atoms with Crippen LogP contribution in [-0.2, 0) is 4.79 Å². The molecule has 7 heteroatoms. The predicted octanol–water partition coefficient (Wildman–Crippen LogP) is 2.55. The number of amides is 2. The predicted molar refractivity (Wildman–Crippen MR) is 98.1 cm³/mol. The number of carbonyl (C=O) groups excluding carboxylic acids is 2. The molecule has 4 rings (SSSR count). The van der Waals surface area contributed by atoms with E-state index in [0.29, 0.717) is 17.6 Å². The zero-order valence-corrected chi connectivity index (χ0v) is 15.1. The first-order valence-corrected chi connectivity index (χ1v) is 9.15. The molecule has 0 aliphatic carbocycles. The van der Waals surface area contributed by atoms with E-state index in [9.17, 15) is 9.59 Å². The van der Waals surface area contributed by atoms with E-state index >= 15 is 0 Å². The summed E-state index contributed by atoms with van der Waals surface area (Å²) in [6.45, 7) is 1.88. The highest BCUT2D eigenvalue weighted by atomic mass is 35.5. The molecule has 2 bridgehead atoms. The second kappa shape index (κ2) is 6.94. The van der Waals surface area contributed by atoms with Gasteiger partial charge in [-0.1, -0.05) is 0 Å². The summed E-state index contributed by atoms with van der Waals surface area (Å²) in [5.74, 6) is -0.0491. The highest BCUT2D eigenvalue weighted by Gasteiger charge is 2.34. The third-order valence-electron chi connectivity index (χ3n) is 4.98. The monoisotopic (exact) mass is 367 g/mol. The van der Waals surface area contributed by atoms with Crippen LogP contribution < -0.4 is 16.0 Å². The van der Waals surface area contributed by atoms with Gasteiger partial charge in [0, 0.05) is 28.6 Å². The van der Waals surface area contributed by atoms with Gasteiger partial charge in [0.05, 0.1) is 10.9 Å². The molecule has 1 aromatic carbocycles. The Morgan fingerprint density at radius 1 is 1.25 bits per heavy atom. The van der Waals surface area contributed by atoms with Crippen LogP contribution >= 0.6 is 24.2 Å². The van der Waals surface area contributed by atoms with E-state index in [0.717, 1.165) is 23.4 Å². The van der Waals surface area contributed by atoms with Gasteiger partial charge < -0.3 is 16.0 Å². The summed E-state index contributed by atoms with van der Waals surface area (Å²) in [5, 5.41) is 9.54. The van der Waals surface area contributed by atoms with Crippen molar-refractivity contribution in [2.75, 3.05) is 5.32 Å². The molecular weight excluding hydrogens is 346 g/mol. The zero-order chi connectivity index (χ0) is 16.0. The number of halogens is 1. The highest BCUT2D eigenvalue weighted by molar-refractivity contribution is 8.00. The minimum absolute atomic E-state index is 0. The molecule has 3 unspecified atom stereocenters. The molecule has 5 nitrogen and oxygen atoms in total. The molecule has 1 aromatic rings. The lowest BCUT2D eigenvalue weighted by Crippen LogP contribution is -2.48. The van der Waals surface area contributed by atoms with E-state index in [4.69, 9.17) is 0 Å². The third kappa shape index (κ3) is 3.41. The number of fused-ring (bicyclic) bond motifs is 3. The molecule has 130 valence electrons. The van der Waals surface area contributed by atoms with Crippen LogP contribution in [0.5, 0.6) is 0 Å². The number of hydrogen-bond acceptors (Lipinski definition) is 4. The summed E-state index contributed by atoms with van der Waals surface area (Å²) in [6, 6.07) is 6.93. The zero-order valence-electron chi connectivity index (χ0n) is 13.5. The number of rotatable bonds is 2. The number of carbonyl (C=O) groups is 2. The van der Waals surface area contributed by atoms with Gasteiger partial charge in [-0.25, -0.2) is 0 Å². The molecule has 0 saturated carbocycles. The van der Waals surface area contributed by atoms with E-state index in [1.54, 1.807) is 6.07 Å². The van der Waals surface area contributed by atoms with E-state index in [-0.39, 0.29) is 35.5 Å². The number of hydrogen-bond donors (Lipinski definition) is 3. The maximum atomic E-state index is 12.5. The largest absolute Gasteiger partial charge is 0.349 e. The highest BCUT2D eigenvalue weighted by Crippen LogP contribution is 2.36. The molecule has 0 aromatic heterocycles. The topological polar surface area (TPSA) is 70.2 Å². The lowest BCUT2D eigenvalue weighted by molar-refractivity contribution is -0.115. The van der Waals surface area contributed by atoms with Gasteiger partial charge in [-0.05, 0) is 50.8 Å². The van der Waals surface area contributed by atoms with Crippen LogP contribution in [0.3, 0.4) is 0 Å². The Bertz CT molecular complexity index is 657. The number of anilines is 1. The van der Waals surface area contributed by atoms with Crippen LogP contribution in [0.1, 0.15) is 43.0 Å². The summed E-state index contributed by atoms with van der Waals surface area (Å²) in [7, 11) is 0. The minimum atomic E-state index is -0.0904. The van der Waals surface area contributed by atoms with E-state index in [2.05, 4.69) is 16.0 Å². The van der Waals surface area contributed by atoms with Crippen molar-refractivity contribution in [3.05, 3.63) is 23.8 Å². The minimum Gasteiger partial charge on any atom is -0.349 e. The van der Waals surface area contributed by atoms with Gasteiger partial charge in [0.25, 0.3) is 5.91 Å². The summed E-state index contributed by atoms with van der Waals surface area (Å²) in [5.41, 5.74) is 1.36. The SMILES string of the molecule is CC1Sc2ccc(C(=O)NC3CC4CCC(C3)N4)cc2NC1=O.Cl. The lowest BCUT2D eigenvalue weighted by atomic mass is 9.99. The average molecular weight is 368 g/mol. The summed E-state index contributed by atoms with van der Waals surface area (Å²) >= 11 is 1.53. The van der Waals surface area contributed by atoms with E-state index in [1.807, 2.05) is 19.1 Å². The Hall–Kier alpha value is -1.24. The number of thioether (sulfide) groups is 1. The number of nitrogens with one attached hydrogen (secondary N) is 3. The molecule has 3 aliphatic rings. The Labute approximate surface area is 152 Å². The Morgan fingerprint density at radius 3 is 2.67 bits per heavy atom. The van der Waals surface area contributed by atoms with Gasteiger partial charge in [0.2, 0.25) is 5.91 Å². The van der Waals surface area contributed by atoms with E-state index in [1.165, 1.54) is 24.6 Å². The van der Waals surface area contributed by atoms with Crippen LogP contribution in [0.2, 0.25) is 0 Å². The van der Waals surface area contributed by atoms with Crippen molar-refractivity contribution in [3.8, 4) is 0 Å². The molecule has 3 aliphatic heterocycles. The first-order valence-electron chi connectivity index (χ1n) is 8.27. The maximum absolute atomic E-state index is 12.5. The number of benzene rings is 1. The van der Waals surface area contributed by atoms with E-state index < -0.39 is 0 Å². The quantitative estimate of drug-likeness (QED) is 0.751. The van der Waals surface area contributed by atoms with Crippen molar-refractivity contribution >= 4 is 41.7 Å². The fourth-order valence-corrected chi connectivity index (χ4v) is 4.72. The van der Waals surface area contributed by atoms with Gasteiger partial charge in [0.1, 0.15) is 0 Å². The Kier molecular flexibility index (Phi) is 5.08. The second-order valence-corrected chi connectivity index (χ2v) is 8.12. The summed E-state index contributed by atoms with van der Waals surface area (Å²) in [4.78, 5) is 25.3. The Balaban J connectivity index is 0.00000169. The van der Waals surface area contributed by atoms with Gasteiger partial charge in [0.15, 0.2) is 0 Å². The van der Waals surface area contributed by atoms with Gasteiger partial charge in [-0.15, -0.1) is 24.2 Å². The normalized spacial score (nSPS) is 30.8. The van der Waals surface area contributed by atoms with Crippen molar-refractivity contribution in [2.45, 2.75) is 60.9 Å². The molecule has 3 N–H and O–H groups in total. The fourth-order valence-electron chi connectivity index (χ4n) is 3.79. The third-order valence-corrected chi connectivity index (χ3v) is 6.16. The summed E-state index contributed by atoms with van der Waals surface area (Å²) in [6.07, 6.45) is 4.46. The molecule has 2 amide bonds. The van der Waals surface area contributed by atoms with Crippen molar-refractivity contribution in [1.29, 1.82) is 0 Å². The van der Waals surface area contributed by atoms with Crippen LogP contribution in [0, 0.1) is 0 Å². The van der Waals surface area contributed by atoms with Crippen LogP contribution in [0.25, 0.3) is 0 Å². The second-order valence-electron chi connectivity index (χ2n) is 6.74. The molecule has 3 heterocycles. The summed E-state index contributed by atoms with van der Waals surface area (Å²) < 4.78 is 0. The molecular formula is C17H22ClN3O2S. The number of piperidine rings is 1. The smallest absolute Gasteiger partial charge is 0.251 e.